The fraction of sp³-hybridized carbons (Fsp3) is 0.182. The topological polar surface area (TPSA) is 243 Å². The van der Waals surface area contributed by atoms with E-state index in [1.165, 1.54) is 0 Å². The molecule has 5 heterocycles. The van der Waals surface area contributed by atoms with Gasteiger partial charge in [0.25, 0.3) is 0 Å². The number of carbonyl (C=O) groups is 1. The zero-order chi connectivity index (χ0) is 35.5. The van der Waals surface area contributed by atoms with Gasteiger partial charge < -0.3 is 49.4 Å². The highest BCUT2D eigenvalue weighted by atomic mass is 31.2. The van der Waals surface area contributed by atoms with Gasteiger partial charge in [-0.05, 0) is 97.1 Å². The van der Waals surface area contributed by atoms with Gasteiger partial charge in [-0.2, -0.15) is 0 Å². The summed E-state index contributed by atoms with van der Waals surface area (Å²) in [5.41, 5.74) is 5.20. The Morgan fingerprint density at radius 1 is 0.660 bits per heavy atom. The van der Waals surface area contributed by atoms with Crippen LogP contribution in [0.15, 0.2) is 72.8 Å². The Kier molecular flexibility index (Phi) is 10.3. The highest BCUT2D eigenvalue weighted by molar-refractivity contribution is 7.46. The Hall–Kier alpha value is -4.69. The van der Waals surface area contributed by atoms with E-state index in [0.29, 0.717) is 27.7 Å². The molecule has 8 bridgehead atoms. The zero-order valence-corrected chi connectivity index (χ0v) is 28.1. The number of carboxylic acid groups (broad SMARTS) is 1. The minimum Gasteiger partial charge on any atom is -0.482 e. The Balaban J connectivity index is 1.57. The lowest BCUT2D eigenvalue weighted by atomic mass is 9.90. The van der Waals surface area contributed by atoms with Crippen molar-refractivity contribution >= 4 is 44.9 Å². The van der Waals surface area contributed by atoms with Gasteiger partial charge >= 0.3 is 21.6 Å². The number of phosphoric ester groups is 2. The van der Waals surface area contributed by atoms with Crippen molar-refractivity contribution in [3.63, 3.8) is 0 Å². The average molecular weight is 725 g/mol. The van der Waals surface area contributed by atoms with Gasteiger partial charge in [0.1, 0.15) is 5.75 Å². The van der Waals surface area contributed by atoms with E-state index in [9.17, 15) is 33.5 Å². The second-order valence-electron chi connectivity index (χ2n) is 11.5. The number of hydrogen-bond acceptors (Lipinski definition) is 6. The van der Waals surface area contributed by atoms with Crippen molar-refractivity contribution in [2.24, 2.45) is 5.92 Å². The molecule has 17 heteroatoms. The van der Waals surface area contributed by atoms with Crippen LogP contribution in [0.3, 0.4) is 0 Å². The Labute approximate surface area is 283 Å². The third-order valence-electron chi connectivity index (χ3n) is 7.94. The summed E-state index contributed by atoms with van der Waals surface area (Å²) in [5, 5.41) is 12.0. The molecule has 0 spiro atoms. The lowest BCUT2D eigenvalue weighted by molar-refractivity contribution is -0.139. The van der Waals surface area contributed by atoms with Gasteiger partial charge in [-0.25, -0.2) is 13.9 Å². The maximum atomic E-state index is 11.5. The number of phosphoric acid groups is 2. The van der Waals surface area contributed by atoms with Crippen LogP contribution < -0.4 is 26.1 Å². The Morgan fingerprint density at radius 2 is 1.22 bits per heavy atom. The molecule has 1 aromatic carbocycles. The fourth-order valence-corrected chi connectivity index (χ4v) is 6.58. The molecule has 1 aliphatic heterocycles. The predicted octanol–water partition coefficient (Wildman–Crippen LogP) is 1.49. The smallest absolute Gasteiger partial charge is 0.469 e. The molecule has 5 aromatic rings. The van der Waals surface area contributed by atoms with E-state index in [2.05, 4.69) is 19.9 Å². The van der Waals surface area contributed by atoms with E-state index in [4.69, 9.17) is 18.9 Å². The lowest BCUT2D eigenvalue weighted by Gasteiger charge is -2.20. The summed E-state index contributed by atoms with van der Waals surface area (Å²) in [6.45, 7) is -1.17. The highest BCUT2D eigenvalue weighted by Gasteiger charge is 2.24. The molecule has 0 saturated heterocycles. The number of nitrogens with one attached hydrogen (secondary N) is 4. The van der Waals surface area contributed by atoms with Crippen LogP contribution in [0.2, 0.25) is 0 Å². The molecule has 0 radical (unpaired) electrons. The van der Waals surface area contributed by atoms with Gasteiger partial charge in [-0.1, -0.05) is 12.1 Å². The first-order valence-electron chi connectivity index (χ1n) is 15.4. The van der Waals surface area contributed by atoms with Crippen LogP contribution in [-0.2, 0) is 23.0 Å². The molecule has 262 valence electrons. The summed E-state index contributed by atoms with van der Waals surface area (Å²) >= 11 is 0. The monoisotopic (exact) mass is 724 g/mol. The molecule has 0 amide bonds. The van der Waals surface area contributed by atoms with Crippen molar-refractivity contribution in [3.8, 4) is 5.75 Å². The molecule has 15 nitrogen and oxygen atoms in total. The largest absolute Gasteiger partial charge is 0.482 e. The fourth-order valence-electron chi connectivity index (χ4n) is 5.89. The van der Waals surface area contributed by atoms with E-state index in [1.807, 2.05) is 72.8 Å². The van der Waals surface area contributed by atoms with Crippen LogP contribution in [0, 0.1) is 5.92 Å². The van der Waals surface area contributed by atoms with Crippen LogP contribution >= 0.6 is 15.6 Å². The molecular formula is C33H34N4O11P2. The van der Waals surface area contributed by atoms with Gasteiger partial charge in [0.15, 0.2) is 6.61 Å². The summed E-state index contributed by atoms with van der Waals surface area (Å²) in [6.07, 6.45) is 4.04. The van der Waals surface area contributed by atoms with Crippen molar-refractivity contribution < 1.29 is 52.4 Å². The molecule has 6 rings (SSSR count). The molecule has 9 N–H and O–H groups in total. The third kappa shape index (κ3) is 9.10. The first-order valence-corrected chi connectivity index (χ1v) is 18.4. The number of aromatic nitrogens is 4. The number of benzene rings is 1. The van der Waals surface area contributed by atoms with Crippen LogP contribution in [0.25, 0.3) is 23.3 Å². The maximum absolute atomic E-state index is 11.5. The van der Waals surface area contributed by atoms with Gasteiger partial charge in [0.2, 0.25) is 0 Å². The van der Waals surface area contributed by atoms with Crippen molar-refractivity contribution in [3.05, 3.63) is 123 Å². The van der Waals surface area contributed by atoms with Crippen LogP contribution in [0.1, 0.15) is 41.2 Å². The minimum absolute atomic E-state index is 0.0710. The molecule has 0 aliphatic carbocycles. The number of carboxylic acids is 1. The Morgan fingerprint density at radius 3 is 1.80 bits per heavy atom. The molecule has 0 atom stereocenters. The maximum Gasteiger partial charge on any atom is 0.469 e. The standard InChI is InChI=1S/C33H34N4O11P2/c38-31(39)19-46-26-7-1-20(2-8-26)32-27-9-5-24(35-27)17-22-3-4-23(34-22)18-25-6-10-28(36-25)33(30-12-11-29(32)37-30)21(13-15-47-49(40,41)42)14-16-48-50(43,44)45/h1-12,17-18,21,34-37H,13-16,19H2,(H,38,39)(H2,40,41,42)(H2,43,44,45). The molecule has 4 aromatic heterocycles. The van der Waals surface area contributed by atoms with Crippen molar-refractivity contribution in [1.82, 2.24) is 19.9 Å². The quantitative estimate of drug-likeness (QED) is 0.0788. The van der Waals surface area contributed by atoms with E-state index in [-0.39, 0.29) is 26.1 Å². The Bertz CT molecular complexity index is 2310. The summed E-state index contributed by atoms with van der Waals surface area (Å²) in [7, 11) is -9.59. The van der Waals surface area contributed by atoms with E-state index >= 15 is 0 Å². The molecule has 0 saturated carbocycles. The van der Waals surface area contributed by atoms with Crippen LogP contribution in [0.4, 0.5) is 0 Å². The predicted molar refractivity (Wildman–Crippen MR) is 181 cm³/mol. The molecule has 0 unspecified atom stereocenters. The summed E-state index contributed by atoms with van der Waals surface area (Å²) < 4.78 is 38.0. The number of H-pyrrole nitrogens is 4. The number of ether oxygens (including phenoxy) is 1. The number of aliphatic carboxylic acids is 1. The normalized spacial score (nSPS) is 13.3. The zero-order valence-electron chi connectivity index (χ0n) is 26.3. The third-order valence-corrected chi connectivity index (χ3v) is 8.98. The number of fused-ring (bicyclic) bond motifs is 8. The van der Waals surface area contributed by atoms with E-state index < -0.39 is 34.1 Å². The van der Waals surface area contributed by atoms with Crippen LogP contribution in [-0.4, -0.2) is 70.4 Å². The average Bonchev–Trinajstić information content (AvgIpc) is 3.86. The summed E-state index contributed by atoms with van der Waals surface area (Å²) in [4.78, 5) is 62.2. The highest BCUT2D eigenvalue weighted by Crippen LogP contribution is 2.39. The van der Waals surface area contributed by atoms with Gasteiger partial charge in [-0.15, -0.1) is 0 Å². The number of hydrogen-bond donors (Lipinski definition) is 9. The second kappa shape index (κ2) is 14.7. The first-order chi connectivity index (χ1) is 23.8. The molecule has 0 fully saturated rings. The van der Waals surface area contributed by atoms with Crippen molar-refractivity contribution in [2.75, 3.05) is 19.8 Å². The van der Waals surface area contributed by atoms with Crippen molar-refractivity contribution in [1.29, 1.82) is 0 Å². The van der Waals surface area contributed by atoms with Gasteiger partial charge in [-0.3, -0.25) is 9.05 Å². The summed E-state index contributed by atoms with van der Waals surface area (Å²) in [5.74, 6) is -1.28. The lowest BCUT2D eigenvalue weighted by Crippen LogP contribution is -2.22. The number of aromatic amines is 4. The number of rotatable bonds is 13. The van der Waals surface area contributed by atoms with Crippen molar-refractivity contribution in [2.45, 2.75) is 12.8 Å². The first kappa shape index (κ1) is 35.1. The van der Waals surface area contributed by atoms with Gasteiger partial charge in [0.05, 0.1) is 13.2 Å². The van der Waals surface area contributed by atoms with E-state index in [0.717, 1.165) is 38.9 Å². The van der Waals surface area contributed by atoms with Crippen LogP contribution in [0.5, 0.6) is 5.75 Å². The molecule has 50 heavy (non-hydrogen) atoms. The van der Waals surface area contributed by atoms with Gasteiger partial charge in [0, 0.05) is 55.3 Å². The summed E-state index contributed by atoms with van der Waals surface area (Å²) in [6, 6.07) is 22.2. The SMILES string of the molecule is O=C(O)COc1ccc(C2=c3ccc([nH]3)=C(C(CCOP(=O)(O)O)CCOP(=O)(O)O)c3ccc([nH]3)C=c3ccc([nH]3)=Cc3ccc2[nH]3)cc1. The molecule has 1 aliphatic rings. The molecular weight excluding hydrogens is 690 g/mol. The van der Waals surface area contributed by atoms with E-state index in [1.54, 1.807) is 12.1 Å². The second-order valence-corrected chi connectivity index (χ2v) is 14.0. The minimum atomic E-state index is -4.80.